The molecule has 0 bridgehead atoms. The van der Waals surface area contributed by atoms with Crippen LogP contribution in [0.25, 0.3) is 0 Å². The Morgan fingerprint density at radius 2 is 1.83 bits per heavy atom. The third kappa shape index (κ3) is 3.86. The largest absolute Gasteiger partial charge is 0.399 e. The minimum Gasteiger partial charge on any atom is -0.399 e. The van der Waals surface area contributed by atoms with E-state index in [1.807, 2.05) is 12.1 Å². The van der Waals surface area contributed by atoms with Crippen molar-refractivity contribution in [2.75, 3.05) is 5.73 Å². The highest BCUT2D eigenvalue weighted by molar-refractivity contribution is 5.79. The first-order valence-corrected chi connectivity index (χ1v) is 7.61. The number of rotatable bonds is 5. The van der Waals surface area contributed by atoms with Crippen LogP contribution < -0.4 is 5.73 Å². The molecule has 0 aromatic heterocycles. The molecule has 1 fully saturated rings. The van der Waals surface area contributed by atoms with Gasteiger partial charge in [0.2, 0.25) is 5.91 Å². The van der Waals surface area contributed by atoms with Crippen LogP contribution in [-0.2, 0) is 17.8 Å². The summed E-state index contributed by atoms with van der Waals surface area (Å²) in [6.07, 6.45) is 2.10. The van der Waals surface area contributed by atoms with Gasteiger partial charge in [-0.25, -0.2) is 8.78 Å². The molecule has 3 rings (SSSR count). The Hall–Kier alpha value is -2.43. The maximum atomic E-state index is 13.8. The van der Waals surface area contributed by atoms with Gasteiger partial charge in [0, 0.05) is 29.9 Å². The summed E-state index contributed by atoms with van der Waals surface area (Å²) in [6.45, 7) is 0.171. The summed E-state index contributed by atoms with van der Waals surface area (Å²) < 4.78 is 26.8. The zero-order chi connectivity index (χ0) is 16.4. The van der Waals surface area contributed by atoms with E-state index < -0.39 is 11.6 Å². The average molecular weight is 316 g/mol. The number of carbonyl (C=O) groups excluding carboxylic acids is 1. The molecule has 1 amide bonds. The third-order valence-electron chi connectivity index (χ3n) is 4.00. The lowest BCUT2D eigenvalue weighted by atomic mass is 10.1. The van der Waals surface area contributed by atoms with E-state index in [1.54, 1.807) is 17.0 Å². The lowest BCUT2D eigenvalue weighted by Gasteiger charge is -2.23. The number of carbonyl (C=O) groups is 1. The lowest BCUT2D eigenvalue weighted by molar-refractivity contribution is -0.131. The molecule has 0 saturated heterocycles. The zero-order valence-electron chi connectivity index (χ0n) is 12.6. The van der Waals surface area contributed by atoms with Crippen molar-refractivity contribution in [2.24, 2.45) is 0 Å². The van der Waals surface area contributed by atoms with Gasteiger partial charge in [0.1, 0.15) is 11.6 Å². The van der Waals surface area contributed by atoms with Gasteiger partial charge in [-0.05, 0) is 36.6 Å². The molecule has 1 aliphatic rings. The molecule has 1 aliphatic carbocycles. The molecule has 5 heteroatoms. The Bertz CT molecular complexity index is 711. The average Bonchev–Trinajstić information content (AvgIpc) is 3.33. The number of hydrogen-bond acceptors (Lipinski definition) is 2. The van der Waals surface area contributed by atoms with E-state index in [1.165, 1.54) is 12.1 Å². The SMILES string of the molecule is Nc1ccc(CC(=O)N(Cc2ccc(F)cc2F)C2CC2)cc1. The Labute approximate surface area is 133 Å². The quantitative estimate of drug-likeness (QED) is 0.861. The molecular weight excluding hydrogens is 298 g/mol. The van der Waals surface area contributed by atoms with Crippen molar-refractivity contribution in [3.63, 3.8) is 0 Å². The Kier molecular flexibility index (Phi) is 4.28. The second-order valence-electron chi connectivity index (χ2n) is 5.91. The molecule has 0 atom stereocenters. The Balaban J connectivity index is 1.73. The van der Waals surface area contributed by atoms with E-state index in [-0.39, 0.29) is 24.9 Å². The summed E-state index contributed by atoms with van der Waals surface area (Å²) in [5, 5.41) is 0. The summed E-state index contributed by atoms with van der Waals surface area (Å²) in [5.74, 6) is -1.28. The second kappa shape index (κ2) is 6.36. The maximum Gasteiger partial charge on any atom is 0.227 e. The summed E-state index contributed by atoms with van der Waals surface area (Å²) in [7, 11) is 0. The van der Waals surface area contributed by atoms with Gasteiger partial charge in [0.05, 0.1) is 6.42 Å². The van der Waals surface area contributed by atoms with E-state index in [2.05, 4.69) is 0 Å². The number of nitrogen functional groups attached to an aromatic ring is 1. The topological polar surface area (TPSA) is 46.3 Å². The molecule has 0 unspecified atom stereocenters. The van der Waals surface area contributed by atoms with E-state index in [9.17, 15) is 13.6 Å². The highest BCUT2D eigenvalue weighted by Gasteiger charge is 2.32. The molecule has 2 aromatic rings. The molecule has 0 radical (unpaired) electrons. The maximum absolute atomic E-state index is 13.8. The Morgan fingerprint density at radius 1 is 1.13 bits per heavy atom. The van der Waals surface area contributed by atoms with Gasteiger partial charge in [-0.1, -0.05) is 18.2 Å². The molecule has 2 aromatic carbocycles. The van der Waals surface area contributed by atoms with Gasteiger partial charge in [-0.2, -0.15) is 0 Å². The first-order chi connectivity index (χ1) is 11.0. The molecular formula is C18H18F2N2O. The van der Waals surface area contributed by atoms with Crippen LogP contribution in [0, 0.1) is 11.6 Å². The number of hydrogen-bond donors (Lipinski definition) is 1. The van der Waals surface area contributed by atoms with Crippen LogP contribution in [0.2, 0.25) is 0 Å². The second-order valence-corrected chi connectivity index (χ2v) is 5.91. The number of nitrogens with two attached hydrogens (primary N) is 1. The van der Waals surface area contributed by atoms with Crippen LogP contribution in [-0.4, -0.2) is 16.8 Å². The van der Waals surface area contributed by atoms with Crippen molar-refractivity contribution in [3.8, 4) is 0 Å². The molecule has 0 heterocycles. The minimum atomic E-state index is -0.615. The summed E-state index contributed by atoms with van der Waals surface area (Å²) in [4.78, 5) is 14.2. The normalized spacial score (nSPS) is 13.8. The van der Waals surface area contributed by atoms with Gasteiger partial charge < -0.3 is 10.6 Å². The lowest BCUT2D eigenvalue weighted by Crippen LogP contribution is -2.34. The number of amides is 1. The van der Waals surface area contributed by atoms with Crippen molar-refractivity contribution >= 4 is 11.6 Å². The number of anilines is 1. The van der Waals surface area contributed by atoms with E-state index >= 15 is 0 Å². The first kappa shape index (κ1) is 15.5. The monoisotopic (exact) mass is 316 g/mol. The van der Waals surface area contributed by atoms with Crippen LogP contribution in [0.4, 0.5) is 14.5 Å². The van der Waals surface area contributed by atoms with E-state index in [0.29, 0.717) is 11.3 Å². The predicted molar refractivity (Wildman–Crippen MR) is 84.5 cm³/mol. The summed E-state index contributed by atoms with van der Waals surface area (Å²) in [6, 6.07) is 10.8. The standard InChI is InChI=1S/C18H18F2N2O/c19-14-4-3-13(17(20)10-14)11-22(16-7-8-16)18(23)9-12-1-5-15(21)6-2-12/h1-6,10,16H,7-9,11,21H2. The highest BCUT2D eigenvalue weighted by atomic mass is 19.1. The first-order valence-electron chi connectivity index (χ1n) is 7.61. The highest BCUT2D eigenvalue weighted by Crippen LogP contribution is 2.29. The van der Waals surface area contributed by atoms with Crippen molar-refractivity contribution in [1.82, 2.24) is 4.90 Å². The minimum absolute atomic E-state index is 0.0546. The molecule has 0 aliphatic heterocycles. The van der Waals surface area contributed by atoms with Gasteiger partial charge in [-0.3, -0.25) is 4.79 Å². The van der Waals surface area contributed by atoms with Crippen LogP contribution in [0.3, 0.4) is 0 Å². The summed E-state index contributed by atoms with van der Waals surface area (Å²) in [5.41, 5.74) is 7.49. The Morgan fingerprint density at radius 3 is 2.43 bits per heavy atom. The molecule has 120 valence electrons. The smallest absolute Gasteiger partial charge is 0.227 e. The zero-order valence-corrected chi connectivity index (χ0v) is 12.6. The van der Waals surface area contributed by atoms with Crippen molar-refractivity contribution in [1.29, 1.82) is 0 Å². The number of nitrogens with zero attached hydrogens (tertiary/aromatic N) is 1. The van der Waals surface area contributed by atoms with Crippen LogP contribution in [0.15, 0.2) is 42.5 Å². The predicted octanol–water partition coefficient (Wildman–Crippen LogP) is 3.28. The molecule has 2 N–H and O–H groups in total. The van der Waals surface area contributed by atoms with E-state index in [0.717, 1.165) is 24.5 Å². The van der Waals surface area contributed by atoms with Crippen LogP contribution in [0.5, 0.6) is 0 Å². The van der Waals surface area contributed by atoms with Crippen LogP contribution in [0.1, 0.15) is 24.0 Å². The number of benzene rings is 2. The van der Waals surface area contributed by atoms with Gasteiger partial charge in [0.15, 0.2) is 0 Å². The molecule has 0 spiro atoms. The van der Waals surface area contributed by atoms with Gasteiger partial charge in [0.25, 0.3) is 0 Å². The molecule has 23 heavy (non-hydrogen) atoms. The molecule has 3 nitrogen and oxygen atoms in total. The van der Waals surface area contributed by atoms with Gasteiger partial charge >= 0.3 is 0 Å². The summed E-state index contributed by atoms with van der Waals surface area (Å²) >= 11 is 0. The molecule has 1 saturated carbocycles. The third-order valence-corrected chi connectivity index (χ3v) is 4.00. The van der Waals surface area contributed by atoms with Crippen LogP contribution >= 0.6 is 0 Å². The fourth-order valence-electron chi connectivity index (χ4n) is 2.55. The van der Waals surface area contributed by atoms with Gasteiger partial charge in [-0.15, -0.1) is 0 Å². The fourth-order valence-corrected chi connectivity index (χ4v) is 2.55. The number of halogens is 2. The van der Waals surface area contributed by atoms with Crippen molar-refractivity contribution in [3.05, 3.63) is 65.2 Å². The van der Waals surface area contributed by atoms with Crippen molar-refractivity contribution < 1.29 is 13.6 Å². The van der Waals surface area contributed by atoms with E-state index in [4.69, 9.17) is 5.73 Å². The van der Waals surface area contributed by atoms with Crippen molar-refractivity contribution in [2.45, 2.75) is 31.8 Å². The fraction of sp³-hybridized carbons (Fsp3) is 0.278.